The summed E-state index contributed by atoms with van der Waals surface area (Å²) in [4.78, 5) is 2.19. The number of likely N-dealkylation sites (tertiary alicyclic amines) is 1. The molecular weight excluding hydrogens is 346 g/mol. The molecule has 7 heteroatoms. The predicted octanol–water partition coefficient (Wildman–Crippen LogP) is 3.10. The first-order valence-corrected chi connectivity index (χ1v) is 10.5. The maximum atomic E-state index is 13.4. The molecule has 1 aromatic carbocycles. The van der Waals surface area contributed by atoms with Crippen LogP contribution in [0.1, 0.15) is 32.6 Å². The Morgan fingerprint density at radius 2 is 1.68 bits per heavy atom. The number of nitrogens with zero attached hydrogens (tertiary/aromatic N) is 2. The summed E-state index contributed by atoms with van der Waals surface area (Å²) in [5.41, 5.74) is 0. The van der Waals surface area contributed by atoms with Crippen molar-refractivity contribution in [3.05, 3.63) is 29.8 Å². The minimum atomic E-state index is -3.83. The molecule has 0 aromatic heterocycles. The third-order valence-electron chi connectivity index (χ3n) is 5.30. The van der Waals surface area contributed by atoms with Gasteiger partial charge in [-0.25, -0.2) is 17.2 Å². The van der Waals surface area contributed by atoms with E-state index in [9.17, 15) is 17.2 Å². The molecule has 4 nitrogen and oxygen atoms in total. The van der Waals surface area contributed by atoms with Gasteiger partial charge in [-0.15, -0.1) is 0 Å². The lowest BCUT2D eigenvalue weighted by Gasteiger charge is -2.37. The molecule has 2 fully saturated rings. The van der Waals surface area contributed by atoms with E-state index in [0.29, 0.717) is 25.1 Å². The van der Waals surface area contributed by atoms with Gasteiger partial charge in [0.2, 0.25) is 10.0 Å². The summed E-state index contributed by atoms with van der Waals surface area (Å²) in [5, 5.41) is 0. The second-order valence-electron chi connectivity index (χ2n) is 7.46. The standard InChI is InChI=1S/C18H26F2N2O2S/c1-14-3-2-6-21(12-14)13-15-4-7-22(8-5-15)25(23,24)18-10-16(19)9-17(20)11-18/h9-11,14-15H,2-8,12-13H2,1H3/t14-/m0/s1. The fourth-order valence-corrected chi connectivity index (χ4v) is 5.49. The number of benzene rings is 1. The molecule has 2 heterocycles. The summed E-state index contributed by atoms with van der Waals surface area (Å²) in [6.45, 7) is 6.38. The molecule has 0 N–H and O–H groups in total. The van der Waals surface area contributed by atoms with Gasteiger partial charge in [-0.05, 0) is 56.2 Å². The SMILES string of the molecule is C[C@H]1CCCN(CC2CCN(S(=O)(=O)c3cc(F)cc(F)c3)CC2)C1. The molecule has 0 aliphatic carbocycles. The Bertz CT molecular complexity index is 683. The van der Waals surface area contributed by atoms with Gasteiger partial charge in [0.05, 0.1) is 4.90 Å². The van der Waals surface area contributed by atoms with E-state index < -0.39 is 21.7 Å². The highest BCUT2D eigenvalue weighted by Crippen LogP contribution is 2.26. The van der Waals surface area contributed by atoms with Gasteiger partial charge >= 0.3 is 0 Å². The molecule has 1 aromatic rings. The highest BCUT2D eigenvalue weighted by molar-refractivity contribution is 7.89. The quantitative estimate of drug-likeness (QED) is 0.815. The molecule has 3 rings (SSSR count). The van der Waals surface area contributed by atoms with Gasteiger partial charge in [-0.3, -0.25) is 0 Å². The van der Waals surface area contributed by atoms with Gasteiger partial charge in [0, 0.05) is 32.2 Å². The van der Waals surface area contributed by atoms with E-state index in [0.717, 1.165) is 50.5 Å². The zero-order valence-corrected chi connectivity index (χ0v) is 15.4. The normalized spacial score (nSPS) is 24.5. The highest BCUT2D eigenvalue weighted by Gasteiger charge is 2.31. The maximum Gasteiger partial charge on any atom is 0.243 e. The Balaban J connectivity index is 1.59. The van der Waals surface area contributed by atoms with E-state index in [-0.39, 0.29) is 4.90 Å². The third kappa shape index (κ3) is 4.57. The summed E-state index contributed by atoms with van der Waals surface area (Å²) in [6, 6.07) is 2.46. The van der Waals surface area contributed by atoms with Crippen LogP contribution in [-0.2, 0) is 10.0 Å². The van der Waals surface area contributed by atoms with Crippen molar-refractivity contribution in [2.45, 2.75) is 37.5 Å². The molecule has 2 saturated heterocycles. The zero-order valence-electron chi connectivity index (χ0n) is 14.6. The molecule has 0 bridgehead atoms. The second kappa shape index (κ2) is 7.68. The van der Waals surface area contributed by atoms with Crippen molar-refractivity contribution in [3.8, 4) is 0 Å². The molecule has 0 radical (unpaired) electrons. The summed E-state index contributed by atoms with van der Waals surface area (Å²) in [6.07, 6.45) is 4.11. The van der Waals surface area contributed by atoms with Crippen LogP contribution < -0.4 is 0 Å². The number of piperidine rings is 2. The van der Waals surface area contributed by atoms with Crippen LogP contribution >= 0.6 is 0 Å². The molecule has 1 atom stereocenters. The molecule has 0 unspecified atom stereocenters. The van der Waals surface area contributed by atoms with E-state index in [4.69, 9.17) is 0 Å². The first kappa shape index (κ1) is 18.7. The van der Waals surface area contributed by atoms with Crippen LogP contribution in [0.15, 0.2) is 23.1 Å². The molecule has 0 spiro atoms. The van der Waals surface area contributed by atoms with Crippen LogP contribution in [0.2, 0.25) is 0 Å². The fraction of sp³-hybridized carbons (Fsp3) is 0.667. The molecule has 0 amide bonds. The van der Waals surface area contributed by atoms with Crippen molar-refractivity contribution in [3.63, 3.8) is 0 Å². The van der Waals surface area contributed by atoms with Crippen LogP contribution in [0.4, 0.5) is 8.78 Å². The van der Waals surface area contributed by atoms with Crippen molar-refractivity contribution in [1.82, 2.24) is 9.21 Å². The number of hydrogen-bond donors (Lipinski definition) is 0. The maximum absolute atomic E-state index is 13.4. The largest absolute Gasteiger partial charge is 0.303 e. The van der Waals surface area contributed by atoms with Crippen LogP contribution in [-0.4, -0.2) is 50.3 Å². The predicted molar refractivity (Wildman–Crippen MR) is 92.7 cm³/mol. The lowest BCUT2D eigenvalue weighted by Crippen LogP contribution is -2.43. The topological polar surface area (TPSA) is 40.6 Å². The molecular formula is C18H26F2N2O2S. The van der Waals surface area contributed by atoms with Crippen LogP contribution in [0.25, 0.3) is 0 Å². The summed E-state index contributed by atoms with van der Waals surface area (Å²) in [7, 11) is -3.83. The second-order valence-corrected chi connectivity index (χ2v) is 9.40. The fourth-order valence-electron chi connectivity index (χ4n) is 3.98. The number of hydrogen-bond acceptors (Lipinski definition) is 3. The van der Waals surface area contributed by atoms with Crippen molar-refractivity contribution < 1.29 is 17.2 Å². The highest BCUT2D eigenvalue weighted by atomic mass is 32.2. The lowest BCUT2D eigenvalue weighted by atomic mass is 9.94. The van der Waals surface area contributed by atoms with Gasteiger partial charge in [-0.2, -0.15) is 4.31 Å². The Morgan fingerprint density at radius 1 is 1.04 bits per heavy atom. The zero-order chi connectivity index (χ0) is 18.0. The number of rotatable bonds is 4. The first-order chi connectivity index (χ1) is 11.8. The summed E-state index contributed by atoms with van der Waals surface area (Å²) in [5.74, 6) is -0.515. The number of sulfonamides is 1. The lowest BCUT2D eigenvalue weighted by molar-refractivity contribution is 0.136. The smallest absolute Gasteiger partial charge is 0.243 e. The van der Waals surface area contributed by atoms with Gasteiger partial charge < -0.3 is 4.90 Å². The molecule has 2 aliphatic heterocycles. The minimum Gasteiger partial charge on any atom is -0.303 e. The Labute approximate surface area is 148 Å². The Kier molecular flexibility index (Phi) is 5.75. The Hall–Kier alpha value is -1.05. The molecule has 25 heavy (non-hydrogen) atoms. The van der Waals surface area contributed by atoms with Crippen LogP contribution in [0, 0.1) is 23.5 Å². The summed E-state index contributed by atoms with van der Waals surface area (Å²) >= 11 is 0. The van der Waals surface area contributed by atoms with Gasteiger partial charge in [-0.1, -0.05) is 6.92 Å². The Morgan fingerprint density at radius 3 is 2.28 bits per heavy atom. The van der Waals surface area contributed by atoms with E-state index in [1.54, 1.807) is 0 Å². The minimum absolute atomic E-state index is 0.298. The van der Waals surface area contributed by atoms with Crippen molar-refractivity contribution in [2.24, 2.45) is 11.8 Å². The van der Waals surface area contributed by atoms with Crippen molar-refractivity contribution in [2.75, 3.05) is 32.7 Å². The van der Waals surface area contributed by atoms with Crippen molar-refractivity contribution >= 4 is 10.0 Å². The van der Waals surface area contributed by atoms with E-state index >= 15 is 0 Å². The average Bonchev–Trinajstić information content (AvgIpc) is 2.54. The van der Waals surface area contributed by atoms with Gasteiger partial charge in [0.1, 0.15) is 11.6 Å². The molecule has 0 saturated carbocycles. The van der Waals surface area contributed by atoms with Crippen LogP contribution in [0.5, 0.6) is 0 Å². The monoisotopic (exact) mass is 372 g/mol. The average molecular weight is 372 g/mol. The van der Waals surface area contributed by atoms with Gasteiger partial charge in [0.25, 0.3) is 0 Å². The molecule has 2 aliphatic rings. The first-order valence-electron chi connectivity index (χ1n) is 9.03. The van der Waals surface area contributed by atoms with E-state index in [1.807, 2.05) is 0 Å². The van der Waals surface area contributed by atoms with E-state index in [1.165, 1.54) is 17.1 Å². The van der Waals surface area contributed by atoms with E-state index in [2.05, 4.69) is 11.8 Å². The molecule has 140 valence electrons. The van der Waals surface area contributed by atoms with Crippen LogP contribution in [0.3, 0.4) is 0 Å². The number of halogens is 2. The van der Waals surface area contributed by atoms with Crippen molar-refractivity contribution in [1.29, 1.82) is 0 Å². The van der Waals surface area contributed by atoms with Gasteiger partial charge in [0.15, 0.2) is 0 Å². The third-order valence-corrected chi connectivity index (χ3v) is 7.18. The summed E-state index contributed by atoms with van der Waals surface area (Å²) < 4.78 is 53.3.